The summed E-state index contributed by atoms with van der Waals surface area (Å²) >= 11 is 0. The van der Waals surface area contributed by atoms with Crippen LogP contribution in [0.4, 0.5) is 0 Å². The van der Waals surface area contributed by atoms with Crippen LogP contribution in [0.5, 0.6) is 5.88 Å². The van der Waals surface area contributed by atoms with Gasteiger partial charge in [-0.15, -0.1) is 0 Å². The molecule has 5 rings (SSSR count). The van der Waals surface area contributed by atoms with E-state index in [2.05, 4.69) is 18.0 Å². The smallest absolute Gasteiger partial charge is 0.315 e. The topological polar surface area (TPSA) is 93.6 Å². The molecule has 0 aliphatic heterocycles. The molecule has 3 saturated carbocycles. The maximum atomic E-state index is 13.3. The number of hydrogen-bond acceptors (Lipinski definition) is 5. The lowest BCUT2D eigenvalue weighted by Gasteiger charge is -2.58. The number of carbonyl (C=O) groups is 3. The largest absolute Gasteiger partial charge is 0.481 e. The predicted octanol–water partition coefficient (Wildman–Crippen LogP) is 4.30. The van der Waals surface area contributed by atoms with Gasteiger partial charge in [-0.1, -0.05) is 44.9 Å². The number of allylic oxidation sites excluding steroid dienone is 1. The van der Waals surface area contributed by atoms with Crippen molar-refractivity contribution < 1.29 is 24.2 Å². The van der Waals surface area contributed by atoms with E-state index in [1.165, 1.54) is 0 Å². The highest BCUT2D eigenvalue weighted by Crippen LogP contribution is 2.83. The summed E-state index contributed by atoms with van der Waals surface area (Å²) in [5.74, 6) is -0.620. The van der Waals surface area contributed by atoms with Gasteiger partial charge in [0, 0.05) is 17.7 Å². The van der Waals surface area contributed by atoms with Crippen LogP contribution in [-0.2, 0) is 14.4 Å². The second-order valence-corrected chi connectivity index (χ2v) is 10.8. The van der Waals surface area contributed by atoms with Crippen molar-refractivity contribution >= 4 is 18.2 Å². The van der Waals surface area contributed by atoms with E-state index in [4.69, 9.17) is 4.74 Å². The molecule has 1 aromatic rings. The molecular formula is C26H31NO5. The standard InChI is InChI=1S/C26H31NO5/c1-15(2)20-10-17-11-25(14-28)19-8-7-16(3)18(19)12-24(17,26(20,25)23(30)31)13-22(29)32-21-6-4-5-9-27-21/h4-6,9-10,14-19H,7-8,11-13H2,1-3H3,(H,30,31)/t16-,17+,18-,19-,24+,25+,26-/m1/s1. The van der Waals surface area contributed by atoms with E-state index in [1.807, 2.05) is 13.8 Å². The fraction of sp³-hybridized carbons (Fsp3) is 0.615. The van der Waals surface area contributed by atoms with E-state index in [-0.39, 0.29) is 36.0 Å². The SMILES string of the molecule is CC(C)C1=C[C@H]2C[C@]3(C=O)[C@@H]4CC[C@@H](C)[C@H]4C[C@@]2(CC(=O)Oc2ccccn2)[C@]13C(=O)O. The maximum absolute atomic E-state index is 13.3. The highest BCUT2D eigenvalue weighted by Gasteiger charge is 2.84. The van der Waals surface area contributed by atoms with Gasteiger partial charge in [0.25, 0.3) is 0 Å². The van der Waals surface area contributed by atoms with E-state index >= 15 is 0 Å². The Morgan fingerprint density at radius 1 is 1.28 bits per heavy atom. The van der Waals surface area contributed by atoms with Gasteiger partial charge in [-0.25, -0.2) is 4.98 Å². The molecule has 6 nitrogen and oxygen atoms in total. The van der Waals surface area contributed by atoms with Gasteiger partial charge in [-0.2, -0.15) is 0 Å². The number of pyridine rings is 1. The summed E-state index contributed by atoms with van der Waals surface area (Å²) in [7, 11) is 0. The zero-order chi connectivity index (χ0) is 22.9. The van der Waals surface area contributed by atoms with Gasteiger partial charge in [0.1, 0.15) is 11.7 Å². The first-order valence-corrected chi connectivity index (χ1v) is 11.8. The quantitative estimate of drug-likeness (QED) is 0.405. The van der Waals surface area contributed by atoms with Gasteiger partial charge in [0.05, 0.1) is 11.8 Å². The predicted molar refractivity (Wildman–Crippen MR) is 117 cm³/mol. The Labute approximate surface area is 188 Å². The first kappa shape index (κ1) is 21.4. The minimum atomic E-state index is -1.35. The highest BCUT2D eigenvalue weighted by atomic mass is 16.5. The van der Waals surface area contributed by atoms with Crippen molar-refractivity contribution in [2.24, 2.45) is 45.8 Å². The fourth-order valence-corrected chi connectivity index (χ4v) is 8.51. The molecule has 1 heterocycles. The van der Waals surface area contributed by atoms with Crippen LogP contribution in [0.2, 0.25) is 0 Å². The number of rotatable bonds is 6. The van der Waals surface area contributed by atoms with Crippen molar-refractivity contribution in [1.29, 1.82) is 0 Å². The Morgan fingerprint density at radius 2 is 2.06 bits per heavy atom. The summed E-state index contributed by atoms with van der Waals surface area (Å²) in [6.07, 6.45) is 7.66. The molecule has 3 fully saturated rings. The molecule has 7 atom stereocenters. The van der Waals surface area contributed by atoms with Crippen molar-refractivity contribution in [2.45, 2.75) is 52.9 Å². The lowest BCUT2D eigenvalue weighted by atomic mass is 9.42. The number of carboxylic acid groups (broad SMARTS) is 1. The summed E-state index contributed by atoms with van der Waals surface area (Å²) in [6, 6.07) is 5.11. The Hall–Kier alpha value is -2.50. The molecule has 0 saturated heterocycles. The van der Waals surface area contributed by atoms with E-state index in [9.17, 15) is 19.5 Å². The number of hydrogen-bond donors (Lipinski definition) is 1. The molecule has 0 radical (unpaired) electrons. The number of aliphatic carboxylic acids is 1. The average molecular weight is 438 g/mol. The lowest BCUT2D eigenvalue weighted by molar-refractivity contribution is -0.182. The van der Waals surface area contributed by atoms with Gasteiger partial charge in [0.15, 0.2) is 0 Å². The van der Waals surface area contributed by atoms with Crippen LogP contribution in [-0.4, -0.2) is 28.3 Å². The van der Waals surface area contributed by atoms with Gasteiger partial charge >= 0.3 is 11.9 Å². The monoisotopic (exact) mass is 437 g/mol. The van der Waals surface area contributed by atoms with Gasteiger partial charge < -0.3 is 14.6 Å². The van der Waals surface area contributed by atoms with E-state index in [1.54, 1.807) is 24.4 Å². The molecule has 4 bridgehead atoms. The number of ether oxygens (including phenoxy) is 1. The number of aldehydes is 1. The van der Waals surface area contributed by atoms with Gasteiger partial charge in [0.2, 0.25) is 5.88 Å². The molecule has 1 aromatic heterocycles. The van der Waals surface area contributed by atoms with Gasteiger partial charge in [-0.3, -0.25) is 9.59 Å². The third kappa shape index (κ3) is 2.36. The fourth-order valence-electron chi connectivity index (χ4n) is 8.51. The molecule has 0 aromatic carbocycles. The first-order valence-electron chi connectivity index (χ1n) is 11.8. The third-order valence-corrected chi connectivity index (χ3v) is 9.44. The molecule has 32 heavy (non-hydrogen) atoms. The minimum Gasteiger partial charge on any atom is -0.481 e. The second kappa shape index (κ2) is 7.00. The maximum Gasteiger partial charge on any atom is 0.315 e. The number of esters is 1. The normalized spacial score (nSPS) is 41.3. The number of carbonyl (C=O) groups excluding carboxylic acids is 2. The molecule has 0 amide bonds. The Bertz CT molecular complexity index is 1000. The Balaban J connectivity index is 1.65. The first-order chi connectivity index (χ1) is 15.2. The minimum absolute atomic E-state index is 0.0151. The van der Waals surface area contributed by atoms with Crippen LogP contribution < -0.4 is 4.74 Å². The second-order valence-electron chi connectivity index (χ2n) is 10.8. The van der Waals surface area contributed by atoms with Crippen molar-refractivity contribution in [1.82, 2.24) is 4.98 Å². The van der Waals surface area contributed by atoms with Crippen molar-refractivity contribution in [3.63, 3.8) is 0 Å². The molecule has 4 aliphatic rings. The van der Waals surface area contributed by atoms with Crippen LogP contribution >= 0.6 is 0 Å². The van der Waals surface area contributed by atoms with Gasteiger partial charge in [-0.05, 0) is 54.9 Å². The van der Waals surface area contributed by atoms with E-state index in [0.29, 0.717) is 18.8 Å². The van der Waals surface area contributed by atoms with Crippen molar-refractivity contribution in [3.05, 3.63) is 36.0 Å². The molecule has 170 valence electrons. The van der Waals surface area contributed by atoms with Crippen LogP contribution in [0.3, 0.4) is 0 Å². The molecule has 0 spiro atoms. The summed E-state index contributed by atoms with van der Waals surface area (Å²) in [5, 5.41) is 10.9. The number of aromatic nitrogens is 1. The number of carboxylic acids is 1. The summed E-state index contributed by atoms with van der Waals surface area (Å²) in [4.78, 5) is 43.6. The molecule has 0 unspecified atom stereocenters. The van der Waals surface area contributed by atoms with E-state index < -0.39 is 28.2 Å². The van der Waals surface area contributed by atoms with Crippen LogP contribution in [0.1, 0.15) is 52.9 Å². The van der Waals surface area contributed by atoms with Crippen LogP contribution in [0.25, 0.3) is 0 Å². The average Bonchev–Trinajstić information content (AvgIpc) is 3.31. The molecule has 6 heteroatoms. The number of fused-ring (bicyclic) bond motifs is 2. The summed E-state index contributed by atoms with van der Waals surface area (Å²) < 4.78 is 5.56. The van der Waals surface area contributed by atoms with E-state index in [0.717, 1.165) is 24.7 Å². The summed E-state index contributed by atoms with van der Waals surface area (Å²) in [6.45, 7) is 6.21. The Kier molecular flexibility index (Phi) is 4.67. The highest BCUT2D eigenvalue weighted by molar-refractivity contribution is 5.91. The third-order valence-electron chi connectivity index (χ3n) is 9.44. The zero-order valence-electron chi connectivity index (χ0n) is 18.9. The molecule has 4 aliphatic carbocycles. The zero-order valence-corrected chi connectivity index (χ0v) is 18.9. The molecular weight excluding hydrogens is 406 g/mol. The van der Waals surface area contributed by atoms with Crippen LogP contribution in [0, 0.1) is 45.8 Å². The lowest BCUT2D eigenvalue weighted by Crippen LogP contribution is -2.62. The van der Waals surface area contributed by atoms with Crippen LogP contribution in [0.15, 0.2) is 36.0 Å². The Morgan fingerprint density at radius 3 is 2.69 bits per heavy atom. The van der Waals surface area contributed by atoms with Crippen molar-refractivity contribution in [2.75, 3.05) is 0 Å². The summed E-state index contributed by atoms with van der Waals surface area (Å²) in [5.41, 5.74) is -2.33. The van der Waals surface area contributed by atoms with Crippen molar-refractivity contribution in [3.8, 4) is 5.88 Å². The number of nitrogens with zero attached hydrogens (tertiary/aromatic N) is 1. The molecule has 1 N–H and O–H groups in total.